The zero-order valence-corrected chi connectivity index (χ0v) is 14.2. The molecule has 4 atom stereocenters. The van der Waals surface area contributed by atoms with Crippen LogP contribution in [0.3, 0.4) is 0 Å². The molecule has 0 amide bonds. The molecule has 1 aliphatic heterocycles. The summed E-state index contributed by atoms with van der Waals surface area (Å²) < 4.78 is 7.15. The molecule has 0 unspecified atom stereocenters. The molecule has 0 radical (unpaired) electrons. The SMILES string of the molecule is [N-]=[N+]=NC[C@]1(CO)O[C@@H](n2cnc3c(NC4CC4)nc(N)nc32)[C@H](O)[C@@H]1O. The monoisotopic (exact) mass is 377 g/mol. The van der Waals surface area contributed by atoms with E-state index in [2.05, 4.69) is 30.3 Å². The molecule has 1 saturated carbocycles. The van der Waals surface area contributed by atoms with Gasteiger partial charge >= 0.3 is 0 Å². The Balaban J connectivity index is 1.73. The molecule has 2 fully saturated rings. The Morgan fingerprint density at radius 3 is 2.89 bits per heavy atom. The number of nitrogens with one attached hydrogen (secondary N) is 1. The van der Waals surface area contributed by atoms with Gasteiger partial charge in [-0.15, -0.1) is 0 Å². The van der Waals surface area contributed by atoms with Gasteiger partial charge in [0.2, 0.25) is 5.95 Å². The number of hydrogen-bond acceptors (Lipinski definition) is 10. The van der Waals surface area contributed by atoms with Crippen molar-refractivity contribution < 1.29 is 20.1 Å². The van der Waals surface area contributed by atoms with Gasteiger partial charge < -0.3 is 31.1 Å². The van der Waals surface area contributed by atoms with Crippen LogP contribution in [0.4, 0.5) is 11.8 Å². The van der Waals surface area contributed by atoms with Gasteiger partial charge in [-0.2, -0.15) is 9.97 Å². The minimum atomic E-state index is -1.64. The topological polar surface area (TPSA) is 200 Å². The quantitative estimate of drug-likeness (QED) is 0.244. The van der Waals surface area contributed by atoms with Crippen molar-refractivity contribution in [3.63, 3.8) is 0 Å². The van der Waals surface area contributed by atoms with Crippen LogP contribution in [0.2, 0.25) is 0 Å². The predicted octanol–water partition coefficient (Wildman–Crippen LogP) is -0.725. The lowest BCUT2D eigenvalue weighted by Crippen LogP contribution is -2.48. The second-order valence-corrected chi connectivity index (χ2v) is 6.73. The van der Waals surface area contributed by atoms with Crippen molar-refractivity contribution in [2.45, 2.75) is 42.9 Å². The van der Waals surface area contributed by atoms with E-state index in [-0.39, 0.29) is 12.5 Å². The van der Waals surface area contributed by atoms with Crippen LogP contribution in [0.1, 0.15) is 19.1 Å². The second-order valence-electron chi connectivity index (χ2n) is 6.73. The number of hydrogen-bond donors (Lipinski definition) is 5. The normalized spacial score (nSPS) is 30.4. The Bertz CT molecular complexity index is 909. The molecule has 2 aromatic heterocycles. The van der Waals surface area contributed by atoms with E-state index in [9.17, 15) is 15.3 Å². The van der Waals surface area contributed by atoms with Gasteiger partial charge in [0.15, 0.2) is 23.2 Å². The smallest absolute Gasteiger partial charge is 0.224 e. The van der Waals surface area contributed by atoms with Crippen molar-refractivity contribution in [1.29, 1.82) is 0 Å². The third-order valence-corrected chi connectivity index (χ3v) is 4.81. The summed E-state index contributed by atoms with van der Waals surface area (Å²) in [4.78, 5) is 15.3. The fraction of sp³-hybridized carbons (Fsp3) is 0.643. The van der Waals surface area contributed by atoms with Gasteiger partial charge in [0, 0.05) is 11.0 Å². The van der Waals surface area contributed by atoms with Gasteiger partial charge in [-0.25, -0.2) is 4.98 Å². The number of imidazole rings is 1. The number of rotatable bonds is 6. The maximum Gasteiger partial charge on any atom is 0.224 e. The van der Waals surface area contributed by atoms with E-state index in [1.807, 2.05) is 0 Å². The number of nitrogen functional groups attached to an aromatic ring is 1. The molecule has 13 nitrogen and oxygen atoms in total. The lowest BCUT2D eigenvalue weighted by atomic mass is 9.96. The first-order valence-electron chi connectivity index (χ1n) is 8.41. The standard InChI is InChI=1S/C14H19N9O4/c15-13-20-10(19-6-1-2-6)7-11(21-13)23(5-17-7)12-8(25)9(26)14(4-24,27-12)3-18-22-16/h5-6,8-9,12,24-26H,1-4H2,(H3,15,19,20,21)/t8-,9+,12-,14-/m1/s1. The lowest BCUT2D eigenvalue weighted by molar-refractivity contribution is -0.121. The van der Waals surface area contributed by atoms with Gasteiger partial charge in [-0.3, -0.25) is 4.57 Å². The average molecular weight is 377 g/mol. The van der Waals surface area contributed by atoms with Crippen LogP contribution in [0.25, 0.3) is 21.6 Å². The number of nitrogens with zero attached hydrogens (tertiary/aromatic N) is 7. The van der Waals surface area contributed by atoms with Crippen molar-refractivity contribution in [2.24, 2.45) is 5.11 Å². The zero-order valence-electron chi connectivity index (χ0n) is 14.2. The summed E-state index contributed by atoms with van der Waals surface area (Å²) >= 11 is 0. The Kier molecular flexibility index (Phi) is 4.25. The van der Waals surface area contributed by atoms with Crippen molar-refractivity contribution in [2.75, 3.05) is 24.2 Å². The molecular formula is C14H19N9O4. The fourth-order valence-corrected chi connectivity index (χ4v) is 3.17. The molecule has 0 aromatic carbocycles. The van der Waals surface area contributed by atoms with Crippen LogP contribution in [0.15, 0.2) is 11.4 Å². The summed E-state index contributed by atoms with van der Waals surface area (Å²) in [6, 6.07) is 0.314. The molecule has 0 spiro atoms. The molecule has 27 heavy (non-hydrogen) atoms. The van der Waals surface area contributed by atoms with Gasteiger partial charge in [0.1, 0.15) is 17.8 Å². The van der Waals surface area contributed by atoms with Gasteiger partial charge in [-0.05, 0) is 18.4 Å². The highest BCUT2D eigenvalue weighted by atomic mass is 16.6. The molecule has 2 aromatic rings. The van der Waals surface area contributed by atoms with E-state index in [1.165, 1.54) is 10.9 Å². The fourth-order valence-electron chi connectivity index (χ4n) is 3.17. The molecule has 4 rings (SSSR count). The number of anilines is 2. The van der Waals surface area contributed by atoms with E-state index < -0.39 is 30.6 Å². The van der Waals surface area contributed by atoms with Crippen LogP contribution in [0, 0.1) is 0 Å². The highest BCUT2D eigenvalue weighted by Crippen LogP contribution is 2.39. The molecule has 6 N–H and O–H groups in total. The van der Waals surface area contributed by atoms with Crippen LogP contribution >= 0.6 is 0 Å². The minimum absolute atomic E-state index is 0.0166. The summed E-state index contributed by atoms with van der Waals surface area (Å²) in [5, 5.41) is 37.2. The summed E-state index contributed by atoms with van der Waals surface area (Å²) in [6.45, 7) is -1.01. The van der Waals surface area contributed by atoms with E-state index in [1.54, 1.807) is 0 Å². The molecule has 13 heteroatoms. The van der Waals surface area contributed by atoms with Crippen molar-refractivity contribution in [3.05, 3.63) is 16.8 Å². The number of aliphatic hydroxyl groups is 3. The first-order chi connectivity index (χ1) is 13.0. The summed E-state index contributed by atoms with van der Waals surface area (Å²) in [5.74, 6) is 0.497. The van der Waals surface area contributed by atoms with E-state index in [0.29, 0.717) is 23.0 Å². The maximum atomic E-state index is 10.5. The molecule has 1 aliphatic carbocycles. The summed E-state index contributed by atoms with van der Waals surface area (Å²) in [6.07, 6.45) is -0.576. The van der Waals surface area contributed by atoms with E-state index in [4.69, 9.17) is 16.0 Å². The molecular weight excluding hydrogens is 358 g/mol. The molecule has 0 bridgehead atoms. The van der Waals surface area contributed by atoms with Crippen molar-refractivity contribution in [1.82, 2.24) is 19.5 Å². The third kappa shape index (κ3) is 2.91. The van der Waals surface area contributed by atoms with Crippen LogP contribution in [0.5, 0.6) is 0 Å². The first-order valence-corrected chi connectivity index (χ1v) is 8.41. The largest absolute Gasteiger partial charge is 0.393 e. The average Bonchev–Trinajstić information content (AvgIpc) is 3.32. The third-order valence-electron chi connectivity index (χ3n) is 4.81. The lowest BCUT2D eigenvalue weighted by Gasteiger charge is -2.27. The Morgan fingerprint density at radius 2 is 2.22 bits per heavy atom. The highest BCUT2D eigenvalue weighted by molar-refractivity contribution is 5.84. The number of azide groups is 1. The minimum Gasteiger partial charge on any atom is -0.393 e. The maximum absolute atomic E-state index is 10.5. The zero-order chi connectivity index (χ0) is 19.2. The van der Waals surface area contributed by atoms with E-state index in [0.717, 1.165) is 12.8 Å². The van der Waals surface area contributed by atoms with Crippen LogP contribution in [-0.2, 0) is 4.74 Å². The number of aromatic nitrogens is 4. The van der Waals surface area contributed by atoms with Crippen LogP contribution < -0.4 is 11.1 Å². The first kappa shape index (κ1) is 17.7. The Morgan fingerprint density at radius 1 is 1.44 bits per heavy atom. The van der Waals surface area contributed by atoms with E-state index >= 15 is 0 Å². The number of ether oxygens (including phenoxy) is 1. The van der Waals surface area contributed by atoms with Gasteiger partial charge in [-0.1, -0.05) is 5.11 Å². The number of fused-ring (bicyclic) bond motifs is 1. The van der Waals surface area contributed by atoms with Gasteiger partial charge in [0.25, 0.3) is 0 Å². The van der Waals surface area contributed by atoms with Crippen molar-refractivity contribution in [3.8, 4) is 0 Å². The molecule has 3 heterocycles. The predicted molar refractivity (Wildman–Crippen MR) is 92.3 cm³/mol. The summed E-state index contributed by atoms with van der Waals surface area (Å²) in [5.41, 5.74) is 13.5. The second kappa shape index (κ2) is 6.48. The highest BCUT2D eigenvalue weighted by Gasteiger charge is 2.54. The Hall–Kier alpha value is -2.70. The molecule has 1 saturated heterocycles. The van der Waals surface area contributed by atoms with Crippen LogP contribution in [-0.4, -0.2) is 71.8 Å². The Labute approximate surface area is 152 Å². The number of aliphatic hydroxyl groups excluding tert-OH is 3. The van der Waals surface area contributed by atoms with Crippen molar-refractivity contribution >= 4 is 22.9 Å². The molecule has 144 valence electrons. The number of nitrogens with two attached hydrogens (primary N) is 1. The summed E-state index contributed by atoms with van der Waals surface area (Å²) in [7, 11) is 0. The molecule has 2 aliphatic rings. The van der Waals surface area contributed by atoms with Gasteiger partial charge in [0.05, 0.1) is 19.5 Å².